The van der Waals surface area contributed by atoms with E-state index in [2.05, 4.69) is 65.3 Å². The molecule has 21 heavy (non-hydrogen) atoms. The summed E-state index contributed by atoms with van der Waals surface area (Å²) < 4.78 is 0. The fourth-order valence-corrected chi connectivity index (χ4v) is 3.77. The summed E-state index contributed by atoms with van der Waals surface area (Å²) >= 11 is 0. The van der Waals surface area contributed by atoms with Gasteiger partial charge in [-0.15, -0.1) is 0 Å². The Morgan fingerprint density at radius 3 is 1.86 bits per heavy atom. The number of benzene rings is 2. The topological polar surface area (TPSA) is 6.48 Å². The van der Waals surface area contributed by atoms with Gasteiger partial charge in [0.05, 0.1) is 6.04 Å². The molecule has 107 valence electrons. The lowest BCUT2D eigenvalue weighted by Crippen LogP contribution is -2.47. The van der Waals surface area contributed by atoms with Crippen LogP contribution in [0.15, 0.2) is 48.5 Å². The van der Waals surface area contributed by atoms with Gasteiger partial charge in [-0.3, -0.25) is 4.90 Å². The number of hydrogen-bond acceptors (Lipinski definition) is 2. The van der Waals surface area contributed by atoms with Gasteiger partial charge in [-0.1, -0.05) is 48.5 Å². The Kier molecular flexibility index (Phi) is 3.28. The van der Waals surface area contributed by atoms with Gasteiger partial charge in [-0.2, -0.15) is 0 Å². The normalized spacial score (nSPS) is 19.5. The van der Waals surface area contributed by atoms with E-state index in [-0.39, 0.29) is 0 Å². The second-order valence-corrected chi connectivity index (χ2v) is 5.95. The molecule has 1 aliphatic heterocycles. The first-order valence-corrected chi connectivity index (χ1v) is 7.82. The summed E-state index contributed by atoms with van der Waals surface area (Å²) in [6, 6.07) is 18.2. The summed E-state index contributed by atoms with van der Waals surface area (Å²) in [5, 5.41) is 0. The molecule has 0 N–H and O–H groups in total. The van der Waals surface area contributed by atoms with Crippen molar-refractivity contribution in [3.8, 4) is 11.1 Å². The molecule has 0 amide bonds. The SMILES string of the molecule is [CH2]CN1CCN(C2c3ccccc3-c3ccccc32)CC1. The van der Waals surface area contributed by atoms with Crippen molar-refractivity contribution in [1.29, 1.82) is 0 Å². The van der Waals surface area contributed by atoms with E-state index in [4.69, 9.17) is 0 Å². The van der Waals surface area contributed by atoms with Crippen LogP contribution in [-0.4, -0.2) is 42.5 Å². The van der Waals surface area contributed by atoms with Crippen LogP contribution in [0.5, 0.6) is 0 Å². The quantitative estimate of drug-likeness (QED) is 0.831. The van der Waals surface area contributed by atoms with Gasteiger partial charge in [0.15, 0.2) is 0 Å². The number of fused-ring (bicyclic) bond motifs is 3. The van der Waals surface area contributed by atoms with Crippen molar-refractivity contribution in [3.05, 3.63) is 66.6 Å². The van der Waals surface area contributed by atoms with Crippen LogP contribution >= 0.6 is 0 Å². The van der Waals surface area contributed by atoms with Crippen LogP contribution in [0, 0.1) is 6.92 Å². The molecule has 2 aromatic carbocycles. The smallest absolute Gasteiger partial charge is 0.0614 e. The van der Waals surface area contributed by atoms with Crippen LogP contribution in [0.3, 0.4) is 0 Å². The van der Waals surface area contributed by atoms with Crippen LogP contribution in [0.4, 0.5) is 0 Å². The molecule has 2 aliphatic rings. The minimum atomic E-state index is 0.435. The molecule has 0 spiro atoms. The highest BCUT2D eigenvalue weighted by Gasteiger charge is 2.33. The molecule has 2 heteroatoms. The van der Waals surface area contributed by atoms with E-state index < -0.39 is 0 Å². The van der Waals surface area contributed by atoms with E-state index in [0.29, 0.717) is 6.04 Å². The highest BCUT2D eigenvalue weighted by atomic mass is 15.3. The lowest BCUT2D eigenvalue weighted by molar-refractivity contribution is 0.119. The number of piperazine rings is 1. The van der Waals surface area contributed by atoms with Crippen molar-refractivity contribution >= 4 is 0 Å². The highest BCUT2D eigenvalue weighted by Crippen LogP contribution is 2.46. The Hall–Kier alpha value is -1.64. The van der Waals surface area contributed by atoms with E-state index in [9.17, 15) is 0 Å². The van der Waals surface area contributed by atoms with Crippen LogP contribution in [-0.2, 0) is 0 Å². The average Bonchev–Trinajstić information content (AvgIpc) is 2.90. The molecule has 1 saturated heterocycles. The third kappa shape index (κ3) is 2.10. The van der Waals surface area contributed by atoms with Gasteiger partial charge in [-0.25, -0.2) is 0 Å². The van der Waals surface area contributed by atoms with E-state index in [0.717, 1.165) is 32.7 Å². The molecule has 0 unspecified atom stereocenters. The molecule has 2 aromatic rings. The first-order chi connectivity index (χ1) is 10.4. The summed E-state index contributed by atoms with van der Waals surface area (Å²) in [6.45, 7) is 9.45. The van der Waals surface area contributed by atoms with Crippen molar-refractivity contribution in [3.63, 3.8) is 0 Å². The van der Waals surface area contributed by atoms with Crippen LogP contribution in [0.25, 0.3) is 11.1 Å². The third-order valence-corrected chi connectivity index (χ3v) is 4.89. The Labute approximate surface area is 127 Å². The first-order valence-electron chi connectivity index (χ1n) is 7.82. The molecule has 2 nitrogen and oxygen atoms in total. The molecule has 1 fully saturated rings. The maximum atomic E-state index is 4.01. The zero-order valence-corrected chi connectivity index (χ0v) is 12.3. The summed E-state index contributed by atoms with van der Waals surface area (Å²) in [5.41, 5.74) is 5.78. The summed E-state index contributed by atoms with van der Waals surface area (Å²) in [7, 11) is 0. The lowest BCUT2D eigenvalue weighted by atomic mass is 10.0. The van der Waals surface area contributed by atoms with Crippen LogP contribution < -0.4 is 0 Å². The van der Waals surface area contributed by atoms with Crippen molar-refractivity contribution < 1.29 is 0 Å². The van der Waals surface area contributed by atoms with Gasteiger partial charge >= 0.3 is 0 Å². The van der Waals surface area contributed by atoms with Gasteiger partial charge in [0.1, 0.15) is 0 Å². The molecule has 4 rings (SSSR count). The monoisotopic (exact) mass is 277 g/mol. The fraction of sp³-hybridized carbons (Fsp3) is 0.316. The van der Waals surface area contributed by atoms with Crippen LogP contribution in [0.2, 0.25) is 0 Å². The zero-order valence-electron chi connectivity index (χ0n) is 12.3. The zero-order chi connectivity index (χ0) is 14.2. The first kappa shape index (κ1) is 13.1. The van der Waals surface area contributed by atoms with E-state index >= 15 is 0 Å². The average molecular weight is 277 g/mol. The Morgan fingerprint density at radius 2 is 1.33 bits per heavy atom. The second-order valence-electron chi connectivity index (χ2n) is 5.95. The van der Waals surface area contributed by atoms with Crippen LogP contribution in [0.1, 0.15) is 17.2 Å². The maximum Gasteiger partial charge on any atom is 0.0614 e. The molecule has 0 saturated carbocycles. The van der Waals surface area contributed by atoms with E-state index in [1.54, 1.807) is 0 Å². The predicted octanol–water partition coefficient (Wildman–Crippen LogP) is 3.21. The molecule has 1 heterocycles. The molecular formula is C19H21N2. The van der Waals surface area contributed by atoms with E-state index in [1.165, 1.54) is 22.3 Å². The number of hydrogen-bond donors (Lipinski definition) is 0. The molecule has 1 aliphatic carbocycles. The summed E-state index contributed by atoms with van der Waals surface area (Å²) in [4.78, 5) is 5.07. The minimum Gasteiger partial charge on any atom is -0.301 e. The third-order valence-electron chi connectivity index (χ3n) is 4.89. The predicted molar refractivity (Wildman–Crippen MR) is 87.1 cm³/mol. The second kappa shape index (κ2) is 5.28. The molecule has 1 radical (unpaired) electrons. The van der Waals surface area contributed by atoms with E-state index in [1.807, 2.05) is 0 Å². The van der Waals surface area contributed by atoms with Gasteiger partial charge in [0.2, 0.25) is 0 Å². The summed E-state index contributed by atoms with van der Waals surface area (Å²) in [6.07, 6.45) is 0. The minimum absolute atomic E-state index is 0.435. The fourth-order valence-electron chi connectivity index (χ4n) is 3.77. The molecular weight excluding hydrogens is 256 g/mol. The standard InChI is InChI=1S/C19H21N2/c1-2-20-11-13-21(14-12-20)19-17-9-5-3-7-15(17)16-8-4-6-10-18(16)19/h3-10,19H,1-2,11-14H2. The van der Waals surface area contributed by atoms with Crippen molar-refractivity contribution in [2.75, 3.05) is 32.7 Å². The van der Waals surface area contributed by atoms with Gasteiger partial charge in [0, 0.05) is 26.2 Å². The lowest BCUT2D eigenvalue weighted by Gasteiger charge is -2.38. The highest BCUT2D eigenvalue weighted by molar-refractivity contribution is 5.78. The Bertz CT molecular complexity index is 596. The summed E-state index contributed by atoms with van der Waals surface area (Å²) in [5.74, 6) is 0. The van der Waals surface area contributed by atoms with Gasteiger partial charge in [0.25, 0.3) is 0 Å². The van der Waals surface area contributed by atoms with Gasteiger partial charge in [-0.05, 0) is 35.7 Å². The largest absolute Gasteiger partial charge is 0.301 e. The molecule has 0 bridgehead atoms. The molecule has 0 atom stereocenters. The maximum absolute atomic E-state index is 4.01. The molecule has 0 aromatic heterocycles. The Balaban J connectivity index is 1.72. The van der Waals surface area contributed by atoms with Crippen molar-refractivity contribution in [2.45, 2.75) is 6.04 Å². The Morgan fingerprint density at radius 1 is 0.810 bits per heavy atom. The number of nitrogens with zero attached hydrogens (tertiary/aromatic N) is 2. The van der Waals surface area contributed by atoms with Crippen molar-refractivity contribution in [1.82, 2.24) is 9.80 Å². The number of rotatable bonds is 2. The van der Waals surface area contributed by atoms with Gasteiger partial charge < -0.3 is 4.90 Å². The van der Waals surface area contributed by atoms with Crippen molar-refractivity contribution in [2.24, 2.45) is 0 Å².